The summed E-state index contributed by atoms with van der Waals surface area (Å²) in [4.78, 5) is 29.7. The molecule has 3 rings (SSSR count). The lowest BCUT2D eigenvalue weighted by molar-refractivity contribution is -0.101. The molecule has 0 aliphatic carbocycles. The van der Waals surface area contributed by atoms with Gasteiger partial charge in [0, 0.05) is 5.02 Å². The van der Waals surface area contributed by atoms with Crippen molar-refractivity contribution in [3.8, 4) is 0 Å². The quantitative estimate of drug-likeness (QED) is 0.817. The molecule has 0 aromatic heterocycles. The van der Waals surface area contributed by atoms with Crippen LogP contribution in [-0.2, 0) is 11.4 Å². The normalized spacial score (nSPS) is 13.7. The zero-order valence-electron chi connectivity index (χ0n) is 11.3. The monoisotopic (exact) mass is 301 g/mol. The van der Waals surface area contributed by atoms with Crippen molar-refractivity contribution >= 4 is 23.4 Å². The smallest absolute Gasteiger partial charge is 0.266 e. The summed E-state index contributed by atoms with van der Waals surface area (Å²) in [6.45, 7) is 2.14. The maximum Gasteiger partial charge on any atom is 0.285 e. The number of hydroxylamine groups is 2. The zero-order valence-corrected chi connectivity index (χ0v) is 12.1. The van der Waals surface area contributed by atoms with Gasteiger partial charge in [-0.3, -0.25) is 14.4 Å². The topological polar surface area (TPSA) is 46.6 Å². The van der Waals surface area contributed by atoms with Crippen molar-refractivity contribution < 1.29 is 14.4 Å². The Bertz CT molecular complexity index is 725. The number of imide groups is 1. The Kier molecular flexibility index (Phi) is 3.49. The number of carbonyl (C=O) groups excluding carboxylic acids is 2. The van der Waals surface area contributed by atoms with Gasteiger partial charge in [-0.1, -0.05) is 41.4 Å². The maximum atomic E-state index is 12.2. The predicted molar refractivity (Wildman–Crippen MR) is 77.9 cm³/mol. The van der Waals surface area contributed by atoms with Crippen LogP contribution in [0.25, 0.3) is 0 Å². The third-order valence-corrected chi connectivity index (χ3v) is 3.53. The molecule has 0 atom stereocenters. The molecular formula is C16H12ClNO3. The number of fused-ring (bicyclic) bond motifs is 1. The highest BCUT2D eigenvalue weighted by Gasteiger charge is 2.36. The van der Waals surface area contributed by atoms with E-state index in [0.29, 0.717) is 10.6 Å². The van der Waals surface area contributed by atoms with E-state index in [0.717, 1.165) is 16.2 Å². The molecule has 5 heteroatoms. The fraction of sp³-hybridized carbons (Fsp3) is 0.125. The number of halogens is 1. The molecule has 0 saturated heterocycles. The van der Waals surface area contributed by atoms with Crippen LogP contribution in [0.1, 0.15) is 31.8 Å². The Morgan fingerprint density at radius 3 is 2.38 bits per heavy atom. The number of rotatable bonds is 3. The molecule has 0 fully saturated rings. The van der Waals surface area contributed by atoms with Crippen molar-refractivity contribution in [2.45, 2.75) is 13.5 Å². The summed E-state index contributed by atoms with van der Waals surface area (Å²) < 4.78 is 0. The van der Waals surface area contributed by atoms with Crippen molar-refractivity contribution in [3.05, 3.63) is 69.7 Å². The Morgan fingerprint density at radius 2 is 1.67 bits per heavy atom. The van der Waals surface area contributed by atoms with Crippen LogP contribution in [0.4, 0.5) is 0 Å². The Balaban J connectivity index is 1.77. The van der Waals surface area contributed by atoms with E-state index < -0.39 is 11.8 Å². The lowest BCUT2D eigenvalue weighted by atomic mass is 10.1. The molecule has 0 bridgehead atoms. The second-order valence-electron chi connectivity index (χ2n) is 4.85. The first kappa shape index (κ1) is 13.8. The summed E-state index contributed by atoms with van der Waals surface area (Å²) >= 11 is 5.85. The van der Waals surface area contributed by atoms with Crippen molar-refractivity contribution in [2.75, 3.05) is 0 Å². The Morgan fingerprint density at radius 1 is 1.00 bits per heavy atom. The molecule has 106 valence electrons. The van der Waals surface area contributed by atoms with Crippen molar-refractivity contribution in [2.24, 2.45) is 0 Å². The first-order valence-corrected chi connectivity index (χ1v) is 6.81. The minimum atomic E-state index is -0.482. The Hall–Kier alpha value is -2.17. The van der Waals surface area contributed by atoms with Gasteiger partial charge in [-0.25, -0.2) is 0 Å². The predicted octanol–water partition coefficient (Wildman–Crippen LogP) is 3.38. The molecule has 0 spiro atoms. The molecule has 0 radical (unpaired) electrons. The average Bonchev–Trinajstić information content (AvgIpc) is 2.70. The zero-order chi connectivity index (χ0) is 15.0. The average molecular weight is 302 g/mol. The fourth-order valence-electron chi connectivity index (χ4n) is 2.13. The van der Waals surface area contributed by atoms with Crippen LogP contribution in [0.5, 0.6) is 0 Å². The SMILES string of the molecule is Cc1ccc(CON2C(=O)c3ccc(Cl)cc3C2=O)cc1. The lowest BCUT2D eigenvalue weighted by Crippen LogP contribution is -2.29. The van der Waals surface area contributed by atoms with Crippen LogP contribution in [-0.4, -0.2) is 16.9 Å². The molecule has 21 heavy (non-hydrogen) atoms. The molecule has 2 aromatic rings. The van der Waals surface area contributed by atoms with Crippen LogP contribution in [0.2, 0.25) is 5.02 Å². The first-order valence-electron chi connectivity index (χ1n) is 6.43. The summed E-state index contributed by atoms with van der Waals surface area (Å²) in [6.07, 6.45) is 0. The summed E-state index contributed by atoms with van der Waals surface area (Å²) in [7, 11) is 0. The number of carbonyl (C=O) groups is 2. The second-order valence-corrected chi connectivity index (χ2v) is 5.29. The van der Waals surface area contributed by atoms with Crippen molar-refractivity contribution in [3.63, 3.8) is 0 Å². The van der Waals surface area contributed by atoms with Crippen LogP contribution in [0.15, 0.2) is 42.5 Å². The summed E-state index contributed by atoms with van der Waals surface area (Å²) in [5.74, 6) is -0.941. The van der Waals surface area contributed by atoms with Gasteiger partial charge in [-0.05, 0) is 30.7 Å². The molecule has 4 nitrogen and oxygen atoms in total. The molecule has 0 unspecified atom stereocenters. The van der Waals surface area contributed by atoms with Crippen LogP contribution >= 0.6 is 11.6 Å². The van der Waals surface area contributed by atoms with Crippen LogP contribution < -0.4 is 0 Å². The summed E-state index contributed by atoms with van der Waals surface area (Å²) in [5, 5.41) is 1.20. The van der Waals surface area contributed by atoms with Crippen molar-refractivity contribution in [1.82, 2.24) is 5.06 Å². The lowest BCUT2D eigenvalue weighted by Gasteiger charge is -2.13. The van der Waals surface area contributed by atoms with E-state index in [-0.39, 0.29) is 12.2 Å². The largest absolute Gasteiger partial charge is 0.285 e. The van der Waals surface area contributed by atoms with Gasteiger partial charge in [-0.15, -0.1) is 5.06 Å². The van der Waals surface area contributed by atoms with Gasteiger partial charge in [-0.2, -0.15) is 0 Å². The number of nitrogens with zero attached hydrogens (tertiary/aromatic N) is 1. The highest BCUT2D eigenvalue weighted by atomic mass is 35.5. The maximum absolute atomic E-state index is 12.2. The highest BCUT2D eigenvalue weighted by molar-refractivity contribution is 6.32. The summed E-state index contributed by atoms with van der Waals surface area (Å²) in [6, 6.07) is 12.3. The van der Waals surface area contributed by atoms with Crippen LogP contribution in [0, 0.1) is 6.92 Å². The molecular weight excluding hydrogens is 290 g/mol. The van der Waals surface area contributed by atoms with Gasteiger partial charge >= 0.3 is 0 Å². The van der Waals surface area contributed by atoms with E-state index in [1.165, 1.54) is 12.1 Å². The molecule has 1 heterocycles. The van der Waals surface area contributed by atoms with Crippen molar-refractivity contribution in [1.29, 1.82) is 0 Å². The third-order valence-electron chi connectivity index (χ3n) is 3.29. The second kappa shape index (κ2) is 5.31. The Labute approximate surface area is 126 Å². The third kappa shape index (κ3) is 2.55. The van der Waals surface area contributed by atoms with E-state index in [2.05, 4.69) is 0 Å². The van der Waals surface area contributed by atoms with E-state index in [9.17, 15) is 9.59 Å². The minimum absolute atomic E-state index is 0.152. The standard InChI is InChI=1S/C16H12ClNO3/c1-10-2-4-11(5-3-10)9-21-18-15(19)13-7-6-12(17)8-14(13)16(18)20/h2-8H,9H2,1H3. The molecule has 0 N–H and O–H groups in total. The molecule has 2 amide bonds. The van der Waals surface area contributed by atoms with Gasteiger partial charge in [0.1, 0.15) is 6.61 Å². The van der Waals surface area contributed by atoms with Gasteiger partial charge in [0.2, 0.25) is 0 Å². The highest BCUT2D eigenvalue weighted by Crippen LogP contribution is 2.26. The van der Waals surface area contributed by atoms with Gasteiger partial charge < -0.3 is 0 Å². The fourth-order valence-corrected chi connectivity index (χ4v) is 2.30. The molecule has 1 aliphatic rings. The molecule has 0 saturated carbocycles. The minimum Gasteiger partial charge on any atom is -0.266 e. The summed E-state index contributed by atoms with van der Waals surface area (Å²) in [5.41, 5.74) is 2.61. The number of hydrogen-bond acceptors (Lipinski definition) is 3. The van der Waals surface area contributed by atoms with Gasteiger partial charge in [0.25, 0.3) is 11.8 Å². The van der Waals surface area contributed by atoms with E-state index in [4.69, 9.17) is 16.4 Å². The van der Waals surface area contributed by atoms with E-state index in [1.54, 1.807) is 6.07 Å². The van der Waals surface area contributed by atoms with E-state index in [1.807, 2.05) is 31.2 Å². The number of benzene rings is 2. The van der Waals surface area contributed by atoms with Crippen LogP contribution in [0.3, 0.4) is 0 Å². The number of hydrogen-bond donors (Lipinski definition) is 0. The van der Waals surface area contributed by atoms with Gasteiger partial charge in [0.15, 0.2) is 0 Å². The first-order chi connectivity index (χ1) is 10.1. The van der Waals surface area contributed by atoms with E-state index >= 15 is 0 Å². The molecule has 2 aromatic carbocycles. The molecule has 1 aliphatic heterocycles. The van der Waals surface area contributed by atoms with Gasteiger partial charge in [0.05, 0.1) is 11.1 Å². The number of aryl methyl sites for hydroxylation is 1. The number of amides is 2.